The summed E-state index contributed by atoms with van der Waals surface area (Å²) >= 11 is 0. The molecule has 1 aromatic heterocycles. The van der Waals surface area contributed by atoms with Gasteiger partial charge in [0.1, 0.15) is 5.82 Å². The number of carbonyl (C=O) groups excluding carboxylic acids is 1. The summed E-state index contributed by atoms with van der Waals surface area (Å²) < 4.78 is 0. The Morgan fingerprint density at radius 2 is 1.93 bits per heavy atom. The molecule has 142 valence electrons. The van der Waals surface area contributed by atoms with Crippen LogP contribution in [0.4, 0.5) is 5.82 Å². The molecule has 2 N–H and O–H groups in total. The number of aromatic nitrogens is 1. The second-order valence-electron chi connectivity index (χ2n) is 7.07. The van der Waals surface area contributed by atoms with Gasteiger partial charge in [0.25, 0.3) is 5.91 Å². The van der Waals surface area contributed by atoms with E-state index in [1.807, 2.05) is 36.1 Å². The van der Waals surface area contributed by atoms with Gasteiger partial charge in [0.2, 0.25) is 0 Å². The van der Waals surface area contributed by atoms with Gasteiger partial charge in [-0.15, -0.1) is 0 Å². The van der Waals surface area contributed by atoms with E-state index in [0.29, 0.717) is 17.8 Å². The van der Waals surface area contributed by atoms with Crippen molar-refractivity contribution in [1.29, 1.82) is 0 Å². The summed E-state index contributed by atoms with van der Waals surface area (Å²) in [6.07, 6.45) is 9.59. The van der Waals surface area contributed by atoms with E-state index >= 15 is 0 Å². The molecule has 1 aliphatic carbocycles. The highest BCUT2D eigenvalue weighted by Gasteiger charge is 2.28. The summed E-state index contributed by atoms with van der Waals surface area (Å²) in [5.74, 6) is 0.379. The van der Waals surface area contributed by atoms with E-state index in [4.69, 9.17) is 0 Å². The molecular weight excluding hydrogens is 340 g/mol. The van der Waals surface area contributed by atoms with E-state index in [9.17, 15) is 15.0 Å². The van der Waals surface area contributed by atoms with Gasteiger partial charge in [-0.1, -0.05) is 37.5 Å². The van der Waals surface area contributed by atoms with Crippen LogP contribution < -0.4 is 4.90 Å². The number of hydrogen-bond donors (Lipinski definition) is 2. The first-order valence-electron chi connectivity index (χ1n) is 9.48. The van der Waals surface area contributed by atoms with Crippen LogP contribution in [-0.4, -0.2) is 27.1 Å². The second kappa shape index (κ2) is 8.71. The van der Waals surface area contributed by atoms with Crippen molar-refractivity contribution in [3.63, 3.8) is 0 Å². The zero-order chi connectivity index (χ0) is 19.2. The average molecular weight is 366 g/mol. The van der Waals surface area contributed by atoms with E-state index in [0.717, 1.165) is 31.2 Å². The standard InChI is InChI=1S/C22H26N2O3/c1-16(10-11-17-12-13-19(25)20(26)15-17)22(27)24(18-7-3-2-4-8-18)21-9-5-6-14-23-21/h5-6,9-10,12-15,18,25-26H,2-4,7-8,11H2,1H3/b16-10+. The highest BCUT2D eigenvalue weighted by molar-refractivity contribution is 6.05. The number of nitrogens with zero attached hydrogens (tertiary/aromatic N) is 2. The van der Waals surface area contributed by atoms with Gasteiger partial charge in [-0.3, -0.25) is 9.69 Å². The summed E-state index contributed by atoms with van der Waals surface area (Å²) in [5, 5.41) is 19.0. The van der Waals surface area contributed by atoms with Crippen LogP contribution in [0.2, 0.25) is 0 Å². The van der Waals surface area contributed by atoms with Crippen LogP contribution in [0.5, 0.6) is 11.5 Å². The molecule has 1 amide bonds. The minimum Gasteiger partial charge on any atom is -0.504 e. The van der Waals surface area contributed by atoms with Crippen LogP contribution >= 0.6 is 0 Å². The van der Waals surface area contributed by atoms with Crippen molar-refractivity contribution in [1.82, 2.24) is 4.98 Å². The molecule has 1 aliphatic rings. The summed E-state index contributed by atoms with van der Waals surface area (Å²) in [7, 11) is 0. The molecule has 27 heavy (non-hydrogen) atoms. The molecule has 5 heteroatoms. The highest BCUT2D eigenvalue weighted by atomic mass is 16.3. The van der Waals surface area contributed by atoms with Crippen LogP contribution in [0, 0.1) is 0 Å². The molecular formula is C22H26N2O3. The number of hydrogen-bond acceptors (Lipinski definition) is 4. The Kier molecular flexibility index (Phi) is 6.12. The number of aromatic hydroxyl groups is 2. The minimum absolute atomic E-state index is 0.0244. The smallest absolute Gasteiger partial charge is 0.255 e. The van der Waals surface area contributed by atoms with Crippen LogP contribution in [0.3, 0.4) is 0 Å². The highest BCUT2D eigenvalue weighted by Crippen LogP contribution is 2.28. The summed E-state index contributed by atoms with van der Waals surface area (Å²) in [4.78, 5) is 19.5. The Labute approximate surface area is 160 Å². The maximum Gasteiger partial charge on any atom is 0.255 e. The molecule has 0 saturated heterocycles. The molecule has 3 rings (SSSR count). The van der Waals surface area contributed by atoms with Crippen LogP contribution in [0.15, 0.2) is 54.2 Å². The van der Waals surface area contributed by atoms with E-state index in [-0.39, 0.29) is 23.4 Å². The lowest BCUT2D eigenvalue weighted by Crippen LogP contribution is -2.42. The number of benzene rings is 1. The van der Waals surface area contributed by atoms with Crippen LogP contribution in [-0.2, 0) is 11.2 Å². The molecule has 1 aromatic carbocycles. The number of amides is 1. The van der Waals surface area contributed by atoms with Crippen LogP contribution in [0.25, 0.3) is 0 Å². The van der Waals surface area contributed by atoms with Gasteiger partial charge >= 0.3 is 0 Å². The molecule has 2 aromatic rings. The van der Waals surface area contributed by atoms with Gasteiger partial charge < -0.3 is 10.2 Å². The number of rotatable bonds is 5. The van der Waals surface area contributed by atoms with Crippen molar-refractivity contribution in [2.45, 2.75) is 51.5 Å². The van der Waals surface area contributed by atoms with Crippen molar-refractivity contribution in [2.24, 2.45) is 0 Å². The molecule has 5 nitrogen and oxygen atoms in total. The summed E-state index contributed by atoms with van der Waals surface area (Å²) in [6, 6.07) is 10.5. The number of carbonyl (C=O) groups is 1. The predicted molar refractivity (Wildman–Crippen MR) is 106 cm³/mol. The monoisotopic (exact) mass is 366 g/mol. The first-order chi connectivity index (χ1) is 13.1. The Morgan fingerprint density at radius 1 is 1.15 bits per heavy atom. The third kappa shape index (κ3) is 4.67. The second-order valence-corrected chi connectivity index (χ2v) is 7.07. The van der Waals surface area contributed by atoms with E-state index in [1.165, 1.54) is 18.6 Å². The molecule has 0 bridgehead atoms. The van der Waals surface area contributed by atoms with Gasteiger partial charge in [-0.05, 0) is 56.0 Å². The molecule has 0 aliphatic heterocycles. The Balaban J connectivity index is 1.80. The fourth-order valence-corrected chi connectivity index (χ4v) is 3.54. The third-order valence-electron chi connectivity index (χ3n) is 5.08. The minimum atomic E-state index is -0.151. The van der Waals surface area contributed by atoms with Gasteiger partial charge in [0.05, 0.1) is 0 Å². The largest absolute Gasteiger partial charge is 0.504 e. The van der Waals surface area contributed by atoms with Crippen molar-refractivity contribution < 1.29 is 15.0 Å². The maximum atomic E-state index is 13.2. The van der Waals surface area contributed by atoms with Gasteiger partial charge in [-0.25, -0.2) is 4.98 Å². The fraction of sp³-hybridized carbons (Fsp3) is 0.364. The van der Waals surface area contributed by atoms with E-state index in [1.54, 1.807) is 12.3 Å². The first-order valence-corrected chi connectivity index (χ1v) is 9.48. The van der Waals surface area contributed by atoms with E-state index < -0.39 is 0 Å². The molecule has 0 spiro atoms. The number of phenols is 2. The molecule has 0 unspecified atom stereocenters. The maximum absolute atomic E-state index is 13.2. The van der Waals surface area contributed by atoms with Gasteiger partial charge in [0.15, 0.2) is 11.5 Å². The Bertz CT molecular complexity index is 812. The van der Waals surface area contributed by atoms with Crippen molar-refractivity contribution >= 4 is 11.7 Å². The molecule has 1 heterocycles. The predicted octanol–water partition coefficient (Wildman–Crippen LogP) is 4.35. The summed E-state index contributed by atoms with van der Waals surface area (Å²) in [5.41, 5.74) is 1.48. The SMILES string of the molecule is C/C(=C\Cc1ccc(O)c(O)c1)C(=O)N(c1ccccn1)C1CCCCC1. The van der Waals surface area contributed by atoms with Crippen molar-refractivity contribution in [3.8, 4) is 11.5 Å². The lowest BCUT2D eigenvalue weighted by Gasteiger charge is -2.33. The van der Waals surface area contributed by atoms with Gasteiger partial charge in [-0.2, -0.15) is 0 Å². The van der Waals surface area contributed by atoms with Crippen molar-refractivity contribution in [2.75, 3.05) is 4.90 Å². The first kappa shape index (κ1) is 19.0. The topological polar surface area (TPSA) is 73.7 Å². The molecule has 1 saturated carbocycles. The lowest BCUT2D eigenvalue weighted by atomic mass is 9.93. The number of allylic oxidation sites excluding steroid dienone is 1. The Hall–Kier alpha value is -2.82. The average Bonchev–Trinajstić information content (AvgIpc) is 2.70. The number of phenolic OH excluding ortho intramolecular Hbond substituents is 2. The lowest BCUT2D eigenvalue weighted by molar-refractivity contribution is -0.115. The zero-order valence-corrected chi connectivity index (χ0v) is 15.6. The molecule has 0 radical (unpaired) electrons. The van der Waals surface area contributed by atoms with E-state index in [2.05, 4.69) is 4.98 Å². The van der Waals surface area contributed by atoms with Crippen LogP contribution in [0.1, 0.15) is 44.6 Å². The summed E-state index contributed by atoms with van der Waals surface area (Å²) in [6.45, 7) is 1.82. The number of anilines is 1. The molecule has 0 atom stereocenters. The number of pyridine rings is 1. The Morgan fingerprint density at radius 3 is 2.59 bits per heavy atom. The molecule has 1 fully saturated rings. The zero-order valence-electron chi connectivity index (χ0n) is 15.6. The van der Waals surface area contributed by atoms with Crippen molar-refractivity contribution in [3.05, 3.63) is 59.8 Å². The quantitative estimate of drug-likeness (QED) is 0.609. The third-order valence-corrected chi connectivity index (χ3v) is 5.08. The van der Waals surface area contributed by atoms with Gasteiger partial charge in [0, 0.05) is 17.8 Å². The fourth-order valence-electron chi connectivity index (χ4n) is 3.54. The normalized spacial score (nSPS) is 15.5.